The van der Waals surface area contributed by atoms with Crippen molar-refractivity contribution in [1.82, 2.24) is 0 Å². The highest BCUT2D eigenvalue weighted by Crippen LogP contribution is 2.34. The monoisotopic (exact) mass is 270 g/mol. The predicted molar refractivity (Wildman–Crippen MR) is 77.8 cm³/mol. The molecule has 0 bridgehead atoms. The molecule has 0 saturated heterocycles. The van der Waals surface area contributed by atoms with E-state index in [-0.39, 0.29) is 5.88 Å². The quantitative estimate of drug-likeness (QED) is 0.897. The highest BCUT2D eigenvalue weighted by Gasteiger charge is 2.23. The first kappa shape index (κ1) is 14.0. The maximum Gasteiger partial charge on any atom is 0.207 e. The van der Waals surface area contributed by atoms with Crippen molar-refractivity contribution in [2.24, 2.45) is 5.73 Å². The molecular formula is C16H18N2O2. The Labute approximate surface area is 119 Å². The van der Waals surface area contributed by atoms with Gasteiger partial charge >= 0.3 is 0 Å². The predicted octanol–water partition coefficient (Wildman–Crippen LogP) is 2.81. The Kier molecular flexibility index (Phi) is 3.71. The van der Waals surface area contributed by atoms with Crippen molar-refractivity contribution >= 4 is 5.57 Å². The molecule has 0 radical (unpaired) electrons. The van der Waals surface area contributed by atoms with Gasteiger partial charge in [0.05, 0.1) is 7.11 Å². The number of rotatable bonds is 2. The Balaban J connectivity index is 2.62. The number of benzene rings is 1. The summed E-state index contributed by atoms with van der Waals surface area (Å²) in [6.07, 6.45) is 1.15. The summed E-state index contributed by atoms with van der Waals surface area (Å²) >= 11 is 0. The molecule has 0 spiro atoms. The minimum absolute atomic E-state index is 0.269. The Morgan fingerprint density at radius 1 is 1.25 bits per heavy atom. The van der Waals surface area contributed by atoms with Crippen LogP contribution in [0.1, 0.15) is 23.6 Å². The van der Waals surface area contributed by atoms with Crippen LogP contribution in [-0.2, 0) is 4.74 Å². The Hall–Kier alpha value is -2.41. The van der Waals surface area contributed by atoms with E-state index in [1.54, 1.807) is 13.2 Å². The van der Waals surface area contributed by atoms with Crippen LogP contribution in [0.4, 0.5) is 0 Å². The standard InChI is InChI=1S/C16H18N2O2/c1-9-10(2)14(19-4)6-5-12(9)13-7-16(18)20-15(8-17)11(13)3/h5-7,15H,18H2,1-4H3. The summed E-state index contributed by atoms with van der Waals surface area (Å²) in [5.41, 5.74) is 10.8. The van der Waals surface area contributed by atoms with E-state index in [4.69, 9.17) is 20.5 Å². The van der Waals surface area contributed by atoms with Crippen LogP contribution in [0.15, 0.2) is 29.7 Å². The van der Waals surface area contributed by atoms with Gasteiger partial charge in [-0.25, -0.2) is 0 Å². The molecule has 2 N–H and O–H groups in total. The van der Waals surface area contributed by atoms with E-state index in [1.165, 1.54) is 0 Å². The number of methoxy groups -OCH3 is 1. The van der Waals surface area contributed by atoms with Crippen molar-refractivity contribution < 1.29 is 9.47 Å². The van der Waals surface area contributed by atoms with Gasteiger partial charge in [0, 0.05) is 6.08 Å². The van der Waals surface area contributed by atoms with Crippen molar-refractivity contribution in [3.63, 3.8) is 0 Å². The van der Waals surface area contributed by atoms with Gasteiger partial charge in [0.25, 0.3) is 0 Å². The molecule has 1 aromatic carbocycles. The summed E-state index contributed by atoms with van der Waals surface area (Å²) in [5, 5.41) is 9.14. The van der Waals surface area contributed by atoms with Crippen molar-refractivity contribution in [2.75, 3.05) is 7.11 Å². The molecule has 4 nitrogen and oxygen atoms in total. The Morgan fingerprint density at radius 3 is 2.55 bits per heavy atom. The average molecular weight is 270 g/mol. The van der Waals surface area contributed by atoms with Gasteiger partial charge in [-0.1, -0.05) is 6.07 Å². The molecule has 0 fully saturated rings. The maximum absolute atomic E-state index is 9.14. The molecule has 2 rings (SSSR count). The van der Waals surface area contributed by atoms with Crippen LogP contribution < -0.4 is 10.5 Å². The zero-order chi connectivity index (χ0) is 14.9. The second-order valence-corrected chi connectivity index (χ2v) is 4.84. The van der Waals surface area contributed by atoms with Gasteiger partial charge in [0.1, 0.15) is 11.8 Å². The average Bonchev–Trinajstić information content (AvgIpc) is 2.44. The van der Waals surface area contributed by atoms with Crippen LogP contribution in [0.25, 0.3) is 5.57 Å². The molecule has 0 saturated carbocycles. The summed E-state index contributed by atoms with van der Waals surface area (Å²) in [6.45, 7) is 5.95. The zero-order valence-corrected chi connectivity index (χ0v) is 12.2. The smallest absolute Gasteiger partial charge is 0.207 e. The molecule has 1 aromatic rings. The van der Waals surface area contributed by atoms with Crippen LogP contribution in [-0.4, -0.2) is 13.2 Å². The number of nitrogens with zero attached hydrogens (tertiary/aromatic N) is 1. The normalized spacial score (nSPS) is 18.1. The number of hydrogen-bond acceptors (Lipinski definition) is 4. The van der Waals surface area contributed by atoms with E-state index in [1.807, 2.05) is 32.9 Å². The lowest BCUT2D eigenvalue weighted by molar-refractivity contribution is 0.182. The second kappa shape index (κ2) is 5.30. The third kappa shape index (κ3) is 2.23. The summed E-state index contributed by atoms with van der Waals surface area (Å²) in [5.74, 6) is 1.12. The topological polar surface area (TPSA) is 68.3 Å². The maximum atomic E-state index is 9.14. The molecule has 1 unspecified atom stereocenters. The fourth-order valence-corrected chi connectivity index (χ4v) is 2.38. The lowest BCUT2D eigenvalue weighted by Crippen LogP contribution is -2.21. The number of nitrogens with two attached hydrogens (primary N) is 1. The summed E-state index contributed by atoms with van der Waals surface area (Å²) < 4.78 is 10.6. The molecule has 1 atom stereocenters. The SMILES string of the molecule is COc1ccc(C2=C(C)C(C#N)OC(N)=C2)c(C)c1C. The highest BCUT2D eigenvalue weighted by molar-refractivity contribution is 5.81. The van der Waals surface area contributed by atoms with Gasteiger partial charge in [-0.3, -0.25) is 0 Å². The van der Waals surface area contributed by atoms with Crippen molar-refractivity contribution in [1.29, 1.82) is 5.26 Å². The zero-order valence-electron chi connectivity index (χ0n) is 12.2. The van der Waals surface area contributed by atoms with Crippen molar-refractivity contribution in [2.45, 2.75) is 26.9 Å². The molecule has 0 aliphatic carbocycles. The van der Waals surface area contributed by atoms with E-state index < -0.39 is 6.10 Å². The van der Waals surface area contributed by atoms with Gasteiger partial charge in [-0.05, 0) is 54.7 Å². The molecule has 20 heavy (non-hydrogen) atoms. The number of nitriles is 1. The summed E-state index contributed by atoms with van der Waals surface area (Å²) in [4.78, 5) is 0. The van der Waals surface area contributed by atoms with E-state index >= 15 is 0 Å². The van der Waals surface area contributed by atoms with Gasteiger partial charge < -0.3 is 15.2 Å². The fourth-order valence-electron chi connectivity index (χ4n) is 2.38. The highest BCUT2D eigenvalue weighted by atomic mass is 16.5. The molecule has 4 heteroatoms. The van der Waals surface area contributed by atoms with Crippen molar-refractivity contribution in [3.8, 4) is 11.8 Å². The first-order valence-corrected chi connectivity index (χ1v) is 6.38. The fraction of sp³-hybridized carbons (Fsp3) is 0.312. The molecule has 1 aliphatic rings. The second-order valence-electron chi connectivity index (χ2n) is 4.84. The van der Waals surface area contributed by atoms with Gasteiger partial charge in [0.15, 0.2) is 5.88 Å². The minimum Gasteiger partial charge on any atom is -0.496 e. The van der Waals surface area contributed by atoms with Crippen LogP contribution in [0.3, 0.4) is 0 Å². The molecule has 1 aliphatic heterocycles. The lowest BCUT2D eigenvalue weighted by atomic mass is 9.90. The third-order valence-electron chi connectivity index (χ3n) is 3.72. The molecule has 1 heterocycles. The van der Waals surface area contributed by atoms with E-state index in [0.717, 1.165) is 33.6 Å². The van der Waals surface area contributed by atoms with Gasteiger partial charge in [-0.15, -0.1) is 0 Å². The van der Waals surface area contributed by atoms with Crippen molar-refractivity contribution in [3.05, 3.63) is 46.4 Å². The lowest BCUT2D eigenvalue weighted by Gasteiger charge is -2.23. The first-order valence-electron chi connectivity index (χ1n) is 6.38. The van der Waals surface area contributed by atoms with Crippen LogP contribution in [0.5, 0.6) is 5.75 Å². The van der Waals surface area contributed by atoms with E-state index in [9.17, 15) is 0 Å². The Bertz CT molecular complexity index is 651. The number of allylic oxidation sites excluding steroid dienone is 2. The Morgan fingerprint density at radius 2 is 1.95 bits per heavy atom. The largest absolute Gasteiger partial charge is 0.496 e. The van der Waals surface area contributed by atoms with Crippen LogP contribution in [0.2, 0.25) is 0 Å². The minimum atomic E-state index is -0.628. The summed E-state index contributed by atoms with van der Waals surface area (Å²) in [6, 6.07) is 6.03. The van der Waals surface area contributed by atoms with Gasteiger partial charge in [0.2, 0.25) is 6.10 Å². The number of hydrogen-bond donors (Lipinski definition) is 1. The summed E-state index contributed by atoms with van der Waals surface area (Å²) in [7, 11) is 1.66. The van der Waals surface area contributed by atoms with E-state index in [2.05, 4.69) is 6.07 Å². The first-order chi connectivity index (χ1) is 9.49. The third-order valence-corrected chi connectivity index (χ3v) is 3.72. The molecule has 0 aromatic heterocycles. The van der Waals surface area contributed by atoms with Crippen LogP contribution >= 0.6 is 0 Å². The molecule has 0 amide bonds. The molecule has 104 valence electrons. The van der Waals surface area contributed by atoms with E-state index in [0.29, 0.717) is 0 Å². The van der Waals surface area contributed by atoms with Gasteiger partial charge in [-0.2, -0.15) is 5.26 Å². The molecular weight excluding hydrogens is 252 g/mol. The number of ether oxygens (including phenoxy) is 2. The van der Waals surface area contributed by atoms with Crippen LogP contribution in [0, 0.1) is 25.2 Å².